The molecule has 0 aromatic heterocycles. The van der Waals surface area contributed by atoms with Crippen molar-refractivity contribution in [1.29, 1.82) is 0 Å². The van der Waals surface area contributed by atoms with Gasteiger partial charge in [-0.1, -0.05) is 6.42 Å². The summed E-state index contributed by atoms with van der Waals surface area (Å²) >= 11 is 0. The Morgan fingerprint density at radius 2 is 2.05 bits per heavy atom. The van der Waals surface area contributed by atoms with Crippen molar-refractivity contribution in [1.82, 2.24) is 9.80 Å². The zero-order valence-electron chi connectivity index (χ0n) is 12.8. The van der Waals surface area contributed by atoms with Crippen LogP contribution in [0.25, 0.3) is 0 Å². The lowest BCUT2D eigenvalue weighted by atomic mass is 9.66. The molecule has 4 nitrogen and oxygen atoms in total. The average Bonchev–Trinajstić information content (AvgIpc) is 2.42. The third kappa shape index (κ3) is 2.60. The number of amides is 1. The number of carbonyl (C=O) groups is 1. The summed E-state index contributed by atoms with van der Waals surface area (Å²) in [5, 5.41) is 0. The smallest absolute Gasteiger partial charge is 0.223 e. The van der Waals surface area contributed by atoms with E-state index in [-0.39, 0.29) is 5.41 Å². The first-order valence-corrected chi connectivity index (χ1v) is 8.32. The lowest BCUT2D eigenvalue weighted by Gasteiger charge is -2.47. The normalized spacial score (nSPS) is 33.4. The topological polar surface area (TPSA) is 49.6 Å². The van der Waals surface area contributed by atoms with Crippen LogP contribution in [0.4, 0.5) is 0 Å². The van der Waals surface area contributed by atoms with Crippen LogP contribution in [0.1, 0.15) is 44.9 Å². The summed E-state index contributed by atoms with van der Waals surface area (Å²) in [6, 6.07) is 0.708. The fourth-order valence-corrected chi connectivity index (χ4v) is 4.44. The van der Waals surface area contributed by atoms with Gasteiger partial charge in [0.25, 0.3) is 0 Å². The second-order valence-corrected chi connectivity index (χ2v) is 7.31. The van der Waals surface area contributed by atoms with Gasteiger partial charge in [-0.15, -0.1) is 0 Å². The lowest BCUT2D eigenvalue weighted by molar-refractivity contribution is -0.138. The maximum absolute atomic E-state index is 12.6. The van der Waals surface area contributed by atoms with Crippen molar-refractivity contribution >= 4 is 5.91 Å². The summed E-state index contributed by atoms with van der Waals surface area (Å²) in [5.41, 5.74) is 6.04. The minimum absolute atomic E-state index is 0.150. The molecule has 0 radical (unpaired) electrons. The molecule has 3 rings (SSSR count). The highest BCUT2D eigenvalue weighted by atomic mass is 16.2. The van der Waals surface area contributed by atoms with Crippen LogP contribution in [0.5, 0.6) is 0 Å². The van der Waals surface area contributed by atoms with Crippen molar-refractivity contribution in [3.8, 4) is 0 Å². The van der Waals surface area contributed by atoms with Crippen LogP contribution in [-0.4, -0.2) is 55.0 Å². The largest absolute Gasteiger partial charge is 0.342 e. The number of nitrogens with two attached hydrogens (primary N) is 1. The Morgan fingerprint density at radius 1 is 1.25 bits per heavy atom. The van der Waals surface area contributed by atoms with E-state index in [2.05, 4.69) is 16.8 Å². The van der Waals surface area contributed by atoms with Gasteiger partial charge in [-0.2, -0.15) is 0 Å². The average molecular weight is 279 g/mol. The first-order chi connectivity index (χ1) is 9.63. The SMILES string of the molecule is CN1CCCC2CN(C(=O)CC3(CN)CCC3)CCC21. The molecule has 2 saturated heterocycles. The highest BCUT2D eigenvalue weighted by molar-refractivity contribution is 5.77. The molecule has 20 heavy (non-hydrogen) atoms. The van der Waals surface area contributed by atoms with Crippen molar-refractivity contribution in [2.45, 2.75) is 51.0 Å². The molecule has 0 bridgehead atoms. The molecule has 2 unspecified atom stereocenters. The lowest BCUT2D eigenvalue weighted by Crippen LogP contribution is -2.54. The molecule has 1 saturated carbocycles. The zero-order chi connectivity index (χ0) is 14.2. The molecule has 1 amide bonds. The molecule has 1 aliphatic carbocycles. The number of hydrogen-bond acceptors (Lipinski definition) is 3. The minimum atomic E-state index is 0.150. The zero-order valence-corrected chi connectivity index (χ0v) is 12.8. The second-order valence-electron chi connectivity index (χ2n) is 7.31. The summed E-state index contributed by atoms with van der Waals surface area (Å²) in [6.07, 6.45) is 7.97. The number of fused-ring (bicyclic) bond motifs is 1. The standard InChI is InChI=1S/C16H29N3O/c1-18-8-2-4-13-11-19(9-5-14(13)18)15(20)10-16(12-17)6-3-7-16/h13-14H,2-12,17H2,1H3. The van der Waals surface area contributed by atoms with E-state index >= 15 is 0 Å². The quantitative estimate of drug-likeness (QED) is 0.850. The van der Waals surface area contributed by atoms with Gasteiger partial charge in [-0.05, 0) is 63.6 Å². The van der Waals surface area contributed by atoms with E-state index in [1.54, 1.807) is 0 Å². The van der Waals surface area contributed by atoms with Crippen LogP contribution in [0.3, 0.4) is 0 Å². The van der Waals surface area contributed by atoms with Gasteiger partial charge in [-0.3, -0.25) is 4.79 Å². The summed E-state index contributed by atoms with van der Waals surface area (Å²) in [6.45, 7) is 3.84. The van der Waals surface area contributed by atoms with Gasteiger partial charge in [-0.25, -0.2) is 0 Å². The maximum atomic E-state index is 12.6. The van der Waals surface area contributed by atoms with Gasteiger partial charge >= 0.3 is 0 Å². The van der Waals surface area contributed by atoms with Crippen molar-refractivity contribution < 1.29 is 4.79 Å². The fourth-order valence-electron chi connectivity index (χ4n) is 4.44. The van der Waals surface area contributed by atoms with Crippen LogP contribution in [0.15, 0.2) is 0 Å². The molecule has 2 N–H and O–H groups in total. The molecular formula is C16H29N3O. The van der Waals surface area contributed by atoms with Gasteiger partial charge in [0.05, 0.1) is 0 Å². The van der Waals surface area contributed by atoms with E-state index in [0.717, 1.165) is 32.4 Å². The fraction of sp³-hybridized carbons (Fsp3) is 0.938. The summed E-state index contributed by atoms with van der Waals surface area (Å²) < 4.78 is 0. The van der Waals surface area contributed by atoms with Gasteiger partial charge in [0.15, 0.2) is 0 Å². The molecule has 3 aliphatic rings. The molecule has 114 valence electrons. The number of rotatable bonds is 3. The highest BCUT2D eigenvalue weighted by Crippen LogP contribution is 2.43. The van der Waals surface area contributed by atoms with Gasteiger partial charge in [0.2, 0.25) is 5.91 Å². The predicted molar refractivity (Wildman–Crippen MR) is 80.3 cm³/mol. The van der Waals surface area contributed by atoms with Crippen molar-refractivity contribution in [2.75, 3.05) is 33.2 Å². The Labute approximate surface area is 122 Å². The summed E-state index contributed by atoms with van der Waals surface area (Å²) in [4.78, 5) is 17.2. The van der Waals surface area contributed by atoms with Gasteiger partial charge < -0.3 is 15.5 Å². The summed E-state index contributed by atoms with van der Waals surface area (Å²) in [5.74, 6) is 1.06. The first-order valence-electron chi connectivity index (χ1n) is 8.32. The predicted octanol–water partition coefficient (Wildman–Crippen LogP) is 1.45. The van der Waals surface area contributed by atoms with Crippen LogP contribution < -0.4 is 5.73 Å². The van der Waals surface area contributed by atoms with Crippen molar-refractivity contribution in [2.24, 2.45) is 17.1 Å². The molecule has 2 aliphatic heterocycles. The number of piperidine rings is 2. The van der Waals surface area contributed by atoms with Crippen LogP contribution in [-0.2, 0) is 4.79 Å². The number of hydrogen-bond donors (Lipinski definition) is 1. The molecule has 4 heteroatoms. The monoisotopic (exact) mass is 279 g/mol. The number of likely N-dealkylation sites (tertiary alicyclic amines) is 2. The third-order valence-corrected chi connectivity index (χ3v) is 6.07. The van der Waals surface area contributed by atoms with E-state index in [1.807, 2.05) is 0 Å². The van der Waals surface area contributed by atoms with E-state index in [9.17, 15) is 4.79 Å². The van der Waals surface area contributed by atoms with Crippen molar-refractivity contribution in [3.05, 3.63) is 0 Å². The Hall–Kier alpha value is -0.610. The maximum Gasteiger partial charge on any atom is 0.223 e. The molecule has 2 heterocycles. The molecule has 0 aromatic carbocycles. The van der Waals surface area contributed by atoms with Crippen molar-refractivity contribution in [3.63, 3.8) is 0 Å². The number of nitrogens with zero attached hydrogens (tertiary/aromatic N) is 2. The van der Waals surface area contributed by atoms with E-state index in [4.69, 9.17) is 5.73 Å². The van der Waals surface area contributed by atoms with E-state index in [0.29, 0.717) is 30.8 Å². The van der Waals surface area contributed by atoms with Crippen LogP contribution in [0, 0.1) is 11.3 Å². The highest BCUT2D eigenvalue weighted by Gasteiger charge is 2.41. The van der Waals surface area contributed by atoms with Gasteiger partial charge in [0, 0.05) is 25.6 Å². The molecule has 2 atom stereocenters. The Kier molecular flexibility index (Phi) is 4.04. The minimum Gasteiger partial charge on any atom is -0.342 e. The van der Waals surface area contributed by atoms with Crippen LogP contribution in [0.2, 0.25) is 0 Å². The Balaban J connectivity index is 1.57. The van der Waals surface area contributed by atoms with E-state index in [1.165, 1.54) is 25.8 Å². The molecule has 0 spiro atoms. The molecular weight excluding hydrogens is 250 g/mol. The Bertz CT molecular complexity index is 361. The van der Waals surface area contributed by atoms with E-state index < -0.39 is 0 Å². The van der Waals surface area contributed by atoms with Gasteiger partial charge in [0.1, 0.15) is 0 Å². The third-order valence-electron chi connectivity index (χ3n) is 6.07. The summed E-state index contributed by atoms with van der Waals surface area (Å²) in [7, 11) is 2.24. The second kappa shape index (κ2) is 5.64. The number of carbonyl (C=O) groups excluding carboxylic acids is 1. The Morgan fingerprint density at radius 3 is 2.70 bits per heavy atom. The molecule has 3 fully saturated rings. The van der Waals surface area contributed by atoms with Crippen LogP contribution >= 0.6 is 0 Å². The molecule has 0 aromatic rings. The first kappa shape index (κ1) is 14.3.